The van der Waals surface area contributed by atoms with E-state index in [-0.39, 0.29) is 28.0 Å². The van der Waals surface area contributed by atoms with Crippen LogP contribution < -0.4 is 10.6 Å². The summed E-state index contributed by atoms with van der Waals surface area (Å²) in [6.45, 7) is 0. The summed E-state index contributed by atoms with van der Waals surface area (Å²) in [7, 11) is -2.92. The van der Waals surface area contributed by atoms with Crippen molar-refractivity contribution in [2.75, 3.05) is 0 Å². The molecule has 1 aliphatic carbocycles. The first-order chi connectivity index (χ1) is 19.0. The van der Waals surface area contributed by atoms with Crippen molar-refractivity contribution < 1.29 is 17.6 Å². The summed E-state index contributed by atoms with van der Waals surface area (Å²) in [6.07, 6.45) is 4.71. The zero-order valence-corrected chi connectivity index (χ0v) is 23.1. The lowest BCUT2D eigenvalue weighted by molar-refractivity contribution is 0.313. The van der Waals surface area contributed by atoms with Crippen LogP contribution in [0, 0.1) is 23.3 Å². The minimum Gasteiger partial charge on any atom is -0.248 e. The highest BCUT2D eigenvalue weighted by molar-refractivity contribution is 7.79. The van der Waals surface area contributed by atoms with Crippen molar-refractivity contribution in [2.45, 2.75) is 49.5 Å². The van der Waals surface area contributed by atoms with Crippen LogP contribution in [0.25, 0.3) is 0 Å². The summed E-state index contributed by atoms with van der Waals surface area (Å²) in [5, 5.41) is 0.240. The molecule has 2 aliphatic rings. The van der Waals surface area contributed by atoms with Gasteiger partial charge in [0.05, 0.1) is 0 Å². The normalized spacial score (nSPS) is 21.4. The third kappa shape index (κ3) is 5.06. The van der Waals surface area contributed by atoms with Gasteiger partial charge in [0.1, 0.15) is 0 Å². The Labute approximate surface area is 229 Å². The van der Waals surface area contributed by atoms with E-state index < -0.39 is 39.4 Å². The zero-order chi connectivity index (χ0) is 26.9. The molecule has 0 spiro atoms. The highest BCUT2D eigenvalue weighted by atomic mass is 31.2. The SMILES string of the molecule is Fc1cccc(P(c2cccc(F)c2F)N(C2CCC2)P2C(c3ccccc3)CC[C@H]2c2ccccc2)c1F. The molecule has 6 rings (SSSR count). The van der Waals surface area contributed by atoms with E-state index in [0.29, 0.717) is 0 Å². The second-order valence-corrected chi connectivity index (χ2v) is 14.9. The van der Waals surface area contributed by atoms with Crippen molar-refractivity contribution in [1.82, 2.24) is 4.44 Å². The molecule has 0 amide bonds. The van der Waals surface area contributed by atoms with E-state index in [1.54, 1.807) is 12.1 Å². The Morgan fingerprint density at radius 2 is 1.03 bits per heavy atom. The second kappa shape index (κ2) is 11.5. The van der Waals surface area contributed by atoms with Gasteiger partial charge < -0.3 is 0 Å². The highest BCUT2D eigenvalue weighted by Gasteiger charge is 2.48. The number of halogens is 4. The van der Waals surface area contributed by atoms with Crippen LogP contribution in [0.4, 0.5) is 17.6 Å². The molecule has 2 fully saturated rings. The largest absolute Gasteiger partial charge is 0.248 e. The van der Waals surface area contributed by atoms with E-state index in [2.05, 4.69) is 28.7 Å². The predicted molar refractivity (Wildman–Crippen MR) is 153 cm³/mol. The lowest BCUT2D eigenvalue weighted by Gasteiger charge is -2.49. The minimum atomic E-state index is -1.90. The summed E-state index contributed by atoms with van der Waals surface area (Å²) < 4.78 is 63.1. The fraction of sp³-hybridized carbons (Fsp3) is 0.250. The molecular weight excluding hydrogens is 536 g/mol. The van der Waals surface area contributed by atoms with E-state index in [0.717, 1.165) is 44.2 Å². The Balaban J connectivity index is 1.59. The fourth-order valence-electron chi connectivity index (χ4n) is 5.81. The summed E-state index contributed by atoms with van der Waals surface area (Å²) >= 11 is 0. The molecule has 7 heteroatoms. The van der Waals surface area contributed by atoms with Gasteiger partial charge in [-0.1, -0.05) is 79.2 Å². The zero-order valence-electron chi connectivity index (χ0n) is 21.4. The Morgan fingerprint density at radius 3 is 1.44 bits per heavy atom. The molecule has 39 heavy (non-hydrogen) atoms. The number of rotatable bonds is 7. The summed E-state index contributed by atoms with van der Waals surface area (Å²) in [5.41, 5.74) is 2.76. The molecule has 1 heterocycles. The van der Waals surface area contributed by atoms with Gasteiger partial charge in [0, 0.05) is 36.0 Å². The molecule has 3 atom stereocenters. The van der Waals surface area contributed by atoms with E-state index in [9.17, 15) is 8.78 Å². The molecule has 1 saturated carbocycles. The van der Waals surface area contributed by atoms with Gasteiger partial charge in [0.15, 0.2) is 23.3 Å². The fourth-order valence-corrected chi connectivity index (χ4v) is 13.7. The molecule has 0 aromatic heterocycles. The van der Waals surface area contributed by atoms with Crippen LogP contribution in [0.2, 0.25) is 0 Å². The molecule has 0 radical (unpaired) electrons. The van der Waals surface area contributed by atoms with Crippen LogP contribution >= 0.6 is 16.1 Å². The minimum absolute atomic E-state index is 0.0862. The lowest BCUT2D eigenvalue weighted by Crippen LogP contribution is -2.40. The summed E-state index contributed by atoms with van der Waals surface area (Å²) in [4.78, 5) is 0. The number of benzene rings is 4. The molecule has 200 valence electrons. The molecule has 2 unspecified atom stereocenters. The maximum Gasteiger partial charge on any atom is 0.168 e. The first kappa shape index (κ1) is 26.6. The number of nitrogens with zero attached hydrogens (tertiary/aromatic N) is 1. The van der Waals surface area contributed by atoms with Gasteiger partial charge in [-0.3, -0.25) is 0 Å². The van der Waals surface area contributed by atoms with Crippen molar-refractivity contribution in [2.24, 2.45) is 0 Å². The molecule has 1 saturated heterocycles. The van der Waals surface area contributed by atoms with Gasteiger partial charge in [-0.2, -0.15) is 0 Å². The predicted octanol–water partition coefficient (Wildman–Crippen LogP) is 9.12. The maximum atomic E-state index is 15.6. The van der Waals surface area contributed by atoms with E-state index in [1.807, 2.05) is 36.4 Å². The Morgan fingerprint density at radius 1 is 0.564 bits per heavy atom. The quantitative estimate of drug-likeness (QED) is 0.160. The second-order valence-electron chi connectivity index (χ2n) is 10.2. The van der Waals surface area contributed by atoms with Gasteiger partial charge in [0.2, 0.25) is 0 Å². The third-order valence-corrected chi connectivity index (χ3v) is 14.6. The molecule has 1 aliphatic heterocycles. The van der Waals surface area contributed by atoms with Crippen molar-refractivity contribution in [1.29, 1.82) is 0 Å². The van der Waals surface area contributed by atoms with Gasteiger partial charge in [-0.25, -0.2) is 22.0 Å². The first-order valence-electron chi connectivity index (χ1n) is 13.4. The van der Waals surface area contributed by atoms with Gasteiger partial charge in [-0.05, 0) is 69.1 Å². The van der Waals surface area contributed by atoms with E-state index >= 15 is 8.78 Å². The number of hydrogen-bond acceptors (Lipinski definition) is 1. The van der Waals surface area contributed by atoms with Gasteiger partial charge >= 0.3 is 0 Å². The Kier molecular flexibility index (Phi) is 7.85. The summed E-state index contributed by atoms with van der Waals surface area (Å²) in [6, 6.07) is 29.0. The highest BCUT2D eigenvalue weighted by Crippen LogP contribution is 2.77. The van der Waals surface area contributed by atoms with Crippen LogP contribution in [-0.2, 0) is 0 Å². The van der Waals surface area contributed by atoms with Crippen LogP contribution in [-0.4, -0.2) is 10.5 Å². The smallest absolute Gasteiger partial charge is 0.168 e. The molecule has 1 nitrogen and oxygen atoms in total. The topological polar surface area (TPSA) is 3.24 Å². The molecule has 0 N–H and O–H groups in total. The van der Waals surface area contributed by atoms with Crippen LogP contribution in [0.3, 0.4) is 0 Å². The van der Waals surface area contributed by atoms with Crippen molar-refractivity contribution in [3.63, 3.8) is 0 Å². The molecule has 0 bridgehead atoms. The first-order valence-corrected chi connectivity index (χ1v) is 16.1. The van der Waals surface area contributed by atoms with Crippen molar-refractivity contribution >= 4 is 26.8 Å². The molecule has 4 aromatic carbocycles. The monoisotopic (exact) mass is 565 g/mol. The average Bonchev–Trinajstić information content (AvgIpc) is 3.37. The van der Waals surface area contributed by atoms with Crippen LogP contribution in [0.15, 0.2) is 97.1 Å². The standard InChI is InChI=1S/C32H29F4NP2/c33-25-16-8-18-29(31(25)35)39(30-19-9-17-26(34)32(30)36)37(24-14-7-15-24)38-27(22-10-3-1-4-11-22)20-21-28(38)23-12-5-2-6-13-23/h1-6,8-13,16-19,24,27-28H,7,14-15,20-21H2/t27-,28?,38?/m0/s1. The Bertz CT molecular complexity index is 1330. The Hall–Kier alpha value is -2.58. The van der Waals surface area contributed by atoms with Crippen LogP contribution in [0.5, 0.6) is 0 Å². The van der Waals surface area contributed by atoms with Gasteiger partial charge in [0.25, 0.3) is 0 Å². The van der Waals surface area contributed by atoms with E-state index in [4.69, 9.17) is 0 Å². The van der Waals surface area contributed by atoms with Gasteiger partial charge in [-0.15, -0.1) is 0 Å². The molecule has 4 aromatic rings. The maximum absolute atomic E-state index is 15.6. The third-order valence-electron chi connectivity index (χ3n) is 7.88. The lowest BCUT2D eigenvalue weighted by atomic mass is 9.94. The van der Waals surface area contributed by atoms with Crippen LogP contribution in [0.1, 0.15) is 54.5 Å². The van der Waals surface area contributed by atoms with Crippen molar-refractivity contribution in [3.05, 3.63) is 131 Å². The summed E-state index contributed by atoms with van der Waals surface area (Å²) in [5.74, 6) is -3.88. The van der Waals surface area contributed by atoms with E-state index in [1.165, 1.54) is 23.3 Å². The number of hydrogen-bond donors (Lipinski definition) is 0. The molecular formula is C32H29F4NP2. The average molecular weight is 566 g/mol. The van der Waals surface area contributed by atoms with Crippen molar-refractivity contribution in [3.8, 4) is 0 Å².